The maximum absolute atomic E-state index is 10.7. The largest absolute Gasteiger partial charge is 0.507 e. The van der Waals surface area contributed by atoms with Crippen LogP contribution in [0.5, 0.6) is 5.75 Å². The third-order valence-electron chi connectivity index (χ3n) is 3.29. The van der Waals surface area contributed by atoms with Crippen molar-refractivity contribution >= 4 is 8.25 Å². The van der Waals surface area contributed by atoms with Crippen molar-refractivity contribution in [1.29, 1.82) is 0 Å². The van der Waals surface area contributed by atoms with Crippen molar-refractivity contribution in [2.75, 3.05) is 0 Å². The Kier molecular flexibility index (Phi) is 7.90. The van der Waals surface area contributed by atoms with E-state index in [4.69, 9.17) is 9.42 Å². The fraction of sp³-hybridized carbons (Fsp3) is 0.600. The van der Waals surface area contributed by atoms with E-state index in [1.807, 2.05) is 12.1 Å². The number of phenols is 1. The standard InChI is InChI=1S/C15H25O4P/c1-3-5-7-13-9-12(11-19-20(17)18)10-14(15(13)16)8-6-4-2/h9-10,16,20H,3-8,11H2,1-2H3,(H,17,18). The highest BCUT2D eigenvalue weighted by atomic mass is 31.1. The normalized spacial score (nSPS) is 12.6. The number of aromatic hydroxyl groups is 1. The van der Waals surface area contributed by atoms with Crippen LogP contribution in [0.15, 0.2) is 12.1 Å². The predicted molar refractivity (Wildman–Crippen MR) is 81.3 cm³/mol. The molecule has 0 heterocycles. The zero-order chi connectivity index (χ0) is 15.0. The maximum atomic E-state index is 10.7. The number of hydrogen-bond donors (Lipinski definition) is 2. The van der Waals surface area contributed by atoms with Gasteiger partial charge in [0.05, 0.1) is 6.61 Å². The minimum absolute atomic E-state index is 0.118. The van der Waals surface area contributed by atoms with E-state index >= 15 is 0 Å². The molecule has 2 N–H and O–H groups in total. The van der Waals surface area contributed by atoms with Gasteiger partial charge in [0.15, 0.2) is 0 Å². The molecule has 1 unspecified atom stereocenters. The Morgan fingerprint density at radius 2 is 1.60 bits per heavy atom. The third-order valence-corrected chi connectivity index (χ3v) is 3.68. The lowest BCUT2D eigenvalue weighted by molar-refractivity contribution is 0.272. The molecule has 0 aliphatic heterocycles. The van der Waals surface area contributed by atoms with Crippen LogP contribution in [-0.2, 0) is 28.5 Å². The number of benzene rings is 1. The zero-order valence-electron chi connectivity index (χ0n) is 12.3. The fourth-order valence-corrected chi connectivity index (χ4v) is 2.47. The summed E-state index contributed by atoms with van der Waals surface area (Å²) in [5.41, 5.74) is 2.68. The van der Waals surface area contributed by atoms with Gasteiger partial charge in [0, 0.05) is 0 Å². The van der Waals surface area contributed by atoms with Crippen LogP contribution in [-0.4, -0.2) is 10.00 Å². The zero-order valence-corrected chi connectivity index (χ0v) is 13.3. The van der Waals surface area contributed by atoms with Crippen LogP contribution in [0.25, 0.3) is 0 Å². The molecule has 1 rings (SSSR count). The molecule has 1 aromatic rings. The van der Waals surface area contributed by atoms with E-state index in [0.29, 0.717) is 5.75 Å². The summed E-state index contributed by atoms with van der Waals surface area (Å²) >= 11 is 0. The first-order valence-corrected chi connectivity index (χ1v) is 8.54. The first-order chi connectivity index (χ1) is 9.58. The van der Waals surface area contributed by atoms with Gasteiger partial charge in [0.25, 0.3) is 0 Å². The molecule has 0 fully saturated rings. The van der Waals surface area contributed by atoms with E-state index in [0.717, 1.165) is 55.2 Å². The van der Waals surface area contributed by atoms with Crippen LogP contribution in [0.3, 0.4) is 0 Å². The SMILES string of the molecule is CCCCc1cc(CO[PH](=O)O)cc(CCCC)c1O. The minimum Gasteiger partial charge on any atom is -0.507 e. The lowest BCUT2D eigenvalue weighted by Crippen LogP contribution is -1.97. The van der Waals surface area contributed by atoms with Crippen LogP contribution in [0.2, 0.25) is 0 Å². The molecule has 114 valence electrons. The highest BCUT2D eigenvalue weighted by Crippen LogP contribution is 2.29. The number of rotatable bonds is 9. The summed E-state index contributed by atoms with van der Waals surface area (Å²) in [5.74, 6) is 0.382. The molecular weight excluding hydrogens is 275 g/mol. The number of hydrogen-bond acceptors (Lipinski definition) is 3. The van der Waals surface area contributed by atoms with Gasteiger partial charge >= 0.3 is 8.25 Å². The van der Waals surface area contributed by atoms with E-state index < -0.39 is 8.25 Å². The summed E-state index contributed by atoms with van der Waals surface area (Å²) in [6.45, 7) is 4.34. The quantitative estimate of drug-likeness (QED) is 0.677. The number of phenolic OH excluding ortho intramolecular Hbond substituents is 1. The van der Waals surface area contributed by atoms with Gasteiger partial charge in [0.1, 0.15) is 5.75 Å². The van der Waals surface area contributed by atoms with Crippen molar-refractivity contribution in [3.05, 3.63) is 28.8 Å². The summed E-state index contributed by atoms with van der Waals surface area (Å²) in [4.78, 5) is 8.76. The molecule has 0 bridgehead atoms. The molecular formula is C15H25O4P. The maximum Gasteiger partial charge on any atom is 0.316 e. The molecule has 1 aromatic carbocycles. The van der Waals surface area contributed by atoms with Crippen LogP contribution in [0.1, 0.15) is 56.2 Å². The van der Waals surface area contributed by atoms with Gasteiger partial charge in [-0.15, -0.1) is 0 Å². The molecule has 0 aromatic heterocycles. The Morgan fingerprint density at radius 3 is 2.00 bits per heavy atom. The Hall–Kier alpha value is -0.830. The smallest absolute Gasteiger partial charge is 0.316 e. The van der Waals surface area contributed by atoms with Crippen molar-refractivity contribution in [3.63, 3.8) is 0 Å². The minimum atomic E-state index is -2.91. The lowest BCUT2D eigenvalue weighted by atomic mass is 9.97. The number of aryl methyl sites for hydroxylation is 2. The van der Waals surface area contributed by atoms with Crippen LogP contribution in [0.4, 0.5) is 0 Å². The molecule has 0 aliphatic rings. The molecule has 0 aliphatic carbocycles. The van der Waals surface area contributed by atoms with E-state index in [2.05, 4.69) is 13.8 Å². The molecule has 0 saturated carbocycles. The van der Waals surface area contributed by atoms with Crippen molar-refractivity contribution in [2.24, 2.45) is 0 Å². The van der Waals surface area contributed by atoms with Crippen molar-refractivity contribution in [1.82, 2.24) is 0 Å². The molecule has 0 amide bonds. The summed E-state index contributed by atoms with van der Waals surface area (Å²) in [7, 11) is -2.91. The summed E-state index contributed by atoms with van der Waals surface area (Å²) in [6, 6.07) is 3.76. The third kappa shape index (κ3) is 5.66. The lowest BCUT2D eigenvalue weighted by Gasteiger charge is -2.13. The van der Waals surface area contributed by atoms with Crippen LogP contribution < -0.4 is 0 Å². The highest BCUT2D eigenvalue weighted by Gasteiger charge is 2.10. The van der Waals surface area contributed by atoms with Crippen molar-refractivity contribution in [3.8, 4) is 5.75 Å². The van der Waals surface area contributed by atoms with Gasteiger partial charge in [-0.1, -0.05) is 26.7 Å². The Bertz CT molecular complexity index is 416. The van der Waals surface area contributed by atoms with E-state index in [1.54, 1.807) is 0 Å². The first kappa shape index (κ1) is 17.2. The molecule has 0 radical (unpaired) electrons. The molecule has 20 heavy (non-hydrogen) atoms. The summed E-state index contributed by atoms with van der Waals surface area (Å²) < 4.78 is 15.5. The van der Waals surface area contributed by atoms with Gasteiger partial charge < -0.3 is 14.5 Å². The Morgan fingerprint density at radius 1 is 1.10 bits per heavy atom. The van der Waals surface area contributed by atoms with Crippen molar-refractivity contribution < 1.29 is 19.1 Å². The van der Waals surface area contributed by atoms with Crippen LogP contribution >= 0.6 is 8.25 Å². The fourth-order valence-electron chi connectivity index (χ4n) is 2.18. The highest BCUT2D eigenvalue weighted by molar-refractivity contribution is 7.32. The molecule has 1 atom stereocenters. The van der Waals surface area contributed by atoms with E-state index in [1.165, 1.54) is 0 Å². The molecule has 0 saturated heterocycles. The first-order valence-electron chi connectivity index (χ1n) is 7.27. The van der Waals surface area contributed by atoms with Crippen LogP contribution in [0, 0.1) is 0 Å². The van der Waals surface area contributed by atoms with Gasteiger partial charge in [0.2, 0.25) is 0 Å². The second-order valence-electron chi connectivity index (χ2n) is 5.02. The van der Waals surface area contributed by atoms with Gasteiger partial charge in [-0.25, -0.2) is 0 Å². The molecule has 5 heteroatoms. The second kappa shape index (κ2) is 9.17. The summed E-state index contributed by atoms with van der Waals surface area (Å²) in [5, 5.41) is 10.3. The molecule has 4 nitrogen and oxygen atoms in total. The van der Waals surface area contributed by atoms with E-state index in [9.17, 15) is 9.67 Å². The topological polar surface area (TPSA) is 66.8 Å². The monoisotopic (exact) mass is 300 g/mol. The average molecular weight is 300 g/mol. The second-order valence-corrected chi connectivity index (χ2v) is 5.84. The van der Waals surface area contributed by atoms with Gasteiger partial charge in [-0.3, -0.25) is 4.57 Å². The van der Waals surface area contributed by atoms with Gasteiger partial charge in [-0.2, -0.15) is 0 Å². The van der Waals surface area contributed by atoms with Crippen molar-refractivity contribution in [2.45, 2.75) is 59.0 Å². The average Bonchev–Trinajstić information content (AvgIpc) is 2.43. The Labute approximate surface area is 121 Å². The summed E-state index contributed by atoms with van der Waals surface area (Å²) in [6.07, 6.45) is 5.81. The predicted octanol–water partition coefficient (Wildman–Crippen LogP) is 3.98. The molecule has 0 spiro atoms. The van der Waals surface area contributed by atoms with E-state index in [-0.39, 0.29) is 6.61 Å². The Balaban J connectivity index is 2.95. The van der Waals surface area contributed by atoms with Gasteiger partial charge in [-0.05, 0) is 54.5 Å². The number of unbranched alkanes of at least 4 members (excludes halogenated alkanes) is 2.